The number of halogens is 2. The molecule has 3 rings (SSSR count). The molecule has 0 spiro atoms. The molecule has 1 fully saturated rings. The van der Waals surface area contributed by atoms with E-state index >= 15 is 0 Å². The monoisotopic (exact) mass is 479 g/mol. The van der Waals surface area contributed by atoms with Crippen molar-refractivity contribution in [3.63, 3.8) is 0 Å². The van der Waals surface area contributed by atoms with Crippen LogP contribution in [-0.4, -0.2) is 34.7 Å². The third kappa shape index (κ3) is 5.61. The van der Waals surface area contributed by atoms with Crippen molar-refractivity contribution in [3.8, 4) is 5.75 Å². The molecule has 0 unspecified atom stereocenters. The Bertz CT molecular complexity index is 1040. The standard InChI is InChI=1S/C22H19Cl2NO5S/c1-3-29-21(27)13(2)25-20(26)19(31-22(25)28)11-14-4-7-16(8-5-14)30-12-15-6-9-17(23)18(24)10-15/h4-11,13H,3,12H2,1-2H3/b19-11+/t13-/m1/s1. The predicted octanol–water partition coefficient (Wildman–Crippen LogP) is 5.56. The van der Waals surface area contributed by atoms with Crippen molar-refractivity contribution < 1.29 is 23.9 Å². The molecule has 2 aromatic carbocycles. The van der Waals surface area contributed by atoms with Crippen LogP contribution in [0.15, 0.2) is 47.4 Å². The molecule has 0 saturated carbocycles. The lowest BCUT2D eigenvalue weighted by molar-refractivity contribution is -0.150. The molecule has 2 aromatic rings. The lowest BCUT2D eigenvalue weighted by atomic mass is 10.2. The van der Waals surface area contributed by atoms with E-state index in [0.29, 0.717) is 22.4 Å². The number of hydrogen-bond donors (Lipinski definition) is 0. The van der Waals surface area contributed by atoms with Crippen molar-refractivity contribution in [2.45, 2.75) is 26.5 Å². The minimum atomic E-state index is -0.976. The Kier molecular flexibility index (Phi) is 7.64. The van der Waals surface area contributed by atoms with Crippen LogP contribution in [0.5, 0.6) is 5.75 Å². The summed E-state index contributed by atoms with van der Waals surface area (Å²) in [4.78, 5) is 37.9. The molecule has 1 atom stereocenters. The Balaban J connectivity index is 1.65. The molecule has 1 aliphatic rings. The highest BCUT2D eigenvalue weighted by molar-refractivity contribution is 8.18. The topological polar surface area (TPSA) is 72.9 Å². The van der Waals surface area contributed by atoms with E-state index in [-0.39, 0.29) is 11.5 Å². The predicted molar refractivity (Wildman–Crippen MR) is 121 cm³/mol. The molecule has 2 amide bonds. The van der Waals surface area contributed by atoms with E-state index in [4.69, 9.17) is 32.7 Å². The van der Waals surface area contributed by atoms with Gasteiger partial charge in [0.05, 0.1) is 21.6 Å². The van der Waals surface area contributed by atoms with Gasteiger partial charge in [0.1, 0.15) is 18.4 Å². The maximum Gasteiger partial charge on any atom is 0.329 e. The van der Waals surface area contributed by atoms with Gasteiger partial charge in [0.15, 0.2) is 0 Å². The Labute approximate surface area is 194 Å². The number of nitrogens with zero attached hydrogens (tertiary/aromatic N) is 1. The van der Waals surface area contributed by atoms with Crippen molar-refractivity contribution in [1.82, 2.24) is 4.90 Å². The average molecular weight is 480 g/mol. The summed E-state index contributed by atoms with van der Waals surface area (Å²) in [7, 11) is 0. The maximum atomic E-state index is 12.6. The van der Waals surface area contributed by atoms with Crippen LogP contribution in [0.3, 0.4) is 0 Å². The summed E-state index contributed by atoms with van der Waals surface area (Å²) in [5, 5.41) is 0.443. The number of imide groups is 1. The van der Waals surface area contributed by atoms with Gasteiger partial charge in [0, 0.05) is 0 Å². The highest BCUT2D eigenvalue weighted by Gasteiger charge is 2.41. The minimum absolute atomic E-state index is 0.175. The lowest BCUT2D eigenvalue weighted by Gasteiger charge is -2.19. The second kappa shape index (κ2) is 10.2. The number of esters is 1. The molecule has 9 heteroatoms. The molecular formula is C22H19Cl2NO5S. The maximum absolute atomic E-state index is 12.6. The Morgan fingerprint density at radius 2 is 1.84 bits per heavy atom. The molecule has 0 radical (unpaired) electrons. The van der Waals surface area contributed by atoms with E-state index < -0.39 is 23.2 Å². The fourth-order valence-corrected chi connectivity index (χ4v) is 4.02. The highest BCUT2D eigenvalue weighted by Crippen LogP contribution is 2.34. The SMILES string of the molecule is CCOC(=O)[C@@H](C)N1C(=O)S/C(=C/c2ccc(OCc3ccc(Cl)c(Cl)c3)cc2)C1=O. The molecule has 0 aliphatic carbocycles. The second-order valence-corrected chi connectivity index (χ2v) is 8.39. The smallest absolute Gasteiger partial charge is 0.329 e. The van der Waals surface area contributed by atoms with Crippen LogP contribution in [0.1, 0.15) is 25.0 Å². The number of thioether (sulfide) groups is 1. The van der Waals surface area contributed by atoms with Gasteiger partial charge in [-0.3, -0.25) is 14.5 Å². The molecule has 0 N–H and O–H groups in total. The van der Waals surface area contributed by atoms with Crippen LogP contribution in [0.25, 0.3) is 6.08 Å². The van der Waals surface area contributed by atoms with Gasteiger partial charge in [-0.2, -0.15) is 0 Å². The first-order valence-corrected chi connectivity index (χ1v) is 11.0. The Morgan fingerprint density at radius 1 is 1.13 bits per heavy atom. The van der Waals surface area contributed by atoms with Gasteiger partial charge in [-0.15, -0.1) is 0 Å². The Morgan fingerprint density at radius 3 is 2.48 bits per heavy atom. The van der Waals surface area contributed by atoms with Crippen LogP contribution in [0.2, 0.25) is 10.0 Å². The van der Waals surface area contributed by atoms with Gasteiger partial charge in [-0.1, -0.05) is 41.4 Å². The van der Waals surface area contributed by atoms with E-state index in [2.05, 4.69) is 0 Å². The van der Waals surface area contributed by atoms with Gasteiger partial charge in [0.2, 0.25) is 0 Å². The number of carbonyl (C=O) groups is 3. The number of rotatable bonds is 7. The normalized spacial score (nSPS) is 16.0. The molecular weight excluding hydrogens is 461 g/mol. The first-order valence-electron chi connectivity index (χ1n) is 9.40. The summed E-state index contributed by atoms with van der Waals surface area (Å²) in [5.74, 6) is -0.503. The highest BCUT2D eigenvalue weighted by atomic mass is 35.5. The minimum Gasteiger partial charge on any atom is -0.489 e. The van der Waals surface area contributed by atoms with Crippen LogP contribution in [0.4, 0.5) is 4.79 Å². The molecule has 0 aromatic heterocycles. The van der Waals surface area contributed by atoms with Gasteiger partial charge in [-0.05, 0) is 67.1 Å². The molecule has 1 aliphatic heterocycles. The van der Waals surface area contributed by atoms with E-state index in [0.717, 1.165) is 27.8 Å². The zero-order chi connectivity index (χ0) is 22.5. The number of amides is 2. The summed E-state index contributed by atoms with van der Waals surface area (Å²) in [5.41, 5.74) is 1.60. The summed E-state index contributed by atoms with van der Waals surface area (Å²) < 4.78 is 10.6. The van der Waals surface area contributed by atoms with Crippen LogP contribution < -0.4 is 4.74 Å². The summed E-state index contributed by atoms with van der Waals surface area (Å²) in [6, 6.07) is 11.4. The summed E-state index contributed by atoms with van der Waals surface area (Å²) in [6.07, 6.45) is 1.60. The molecule has 31 heavy (non-hydrogen) atoms. The van der Waals surface area contributed by atoms with Gasteiger partial charge in [0.25, 0.3) is 11.1 Å². The van der Waals surface area contributed by atoms with Crippen molar-refractivity contribution in [2.24, 2.45) is 0 Å². The van der Waals surface area contributed by atoms with E-state index in [1.165, 1.54) is 6.92 Å². The summed E-state index contributed by atoms with van der Waals surface area (Å²) >= 11 is 12.7. The zero-order valence-corrected chi connectivity index (χ0v) is 19.1. The number of carbonyl (C=O) groups excluding carboxylic acids is 3. The van der Waals surface area contributed by atoms with Crippen molar-refractivity contribution >= 4 is 58.2 Å². The molecule has 1 saturated heterocycles. The molecule has 0 bridgehead atoms. The fraction of sp³-hybridized carbons (Fsp3) is 0.227. The first-order chi connectivity index (χ1) is 14.8. The largest absolute Gasteiger partial charge is 0.489 e. The number of hydrogen-bond acceptors (Lipinski definition) is 6. The third-order valence-electron chi connectivity index (χ3n) is 4.41. The van der Waals surface area contributed by atoms with Crippen LogP contribution in [0, 0.1) is 0 Å². The fourth-order valence-electron chi connectivity index (χ4n) is 2.79. The molecule has 1 heterocycles. The summed E-state index contributed by atoms with van der Waals surface area (Å²) in [6.45, 7) is 3.63. The van der Waals surface area contributed by atoms with Crippen molar-refractivity contribution in [1.29, 1.82) is 0 Å². The number of ether oxygens (including phenoxy) is 2. The van der Waals surface area contributed by atoms with Crippen molar-refractivity contribution in [2.75, 3.05) is 6.61 Å². The van der Waals surface area contributed by atoms with Gasteiger partial charge >= 0.3 is 5.97 Å². The quantitative estimate of drug-likeness (QED) is 0.382. The molecule has 162 valence electrons. The number of benzene rings is 2. The van der Waals surface area contributed by atoms with Crippen LogP contribution >= 0.6 is 35.0 Å². The van der Waals surface area contributed by atoms with Crippen molar-refractivity contribution in [3.05, 3.63) is 68.5 Å². The van der Waals surface area contributed by atoms with Crippen LogP contribution in [-0.2, 0) is 20.9 Å². The first kappa shape index (κ1) is 23.2. The van der Waals surface area contributed by atoms with Gasteiger partial charge < -0.3 is 9.47 Å². The van der Waals surface area contributed by atoms with E-state index in [1.54, 1.807) is 49.4 Å². The lowest BCUT2D eigenvalue weighted by Crippen LogP contribution is -2.42. The molecule has 6 nitrogen and oxygen atoms in total. The third-order valence-corrected chi connectivity index (χ3v) is 6.03. The van der Waals surface area contributed by atoms with E-state index in [9.17, 15) is 14.4 Å². The Hall–Kier alpha value is -2.48. The zero-order valence-electron chi connectivity index (χ0n) is 16.8. The van der Waals surface area contributed by atoms with E-state index in [1.807, 2.05) is 6.07 Å². The van der Waals surface area contributed by atoms with Gasteiger partial charge in [-0.25, -0.2) is 4.79 Å². The second-order valence-electron chi connectivity index (χ2n) is 6.59. The average Bonchev–Trinajstić information content (AvgIpc) is 3.02.